The molecule has 100 valence electrons. The summed E-state index contributed by atoms with van der Waals surface area (Å²) in [6.45, 7) is 0. The minimum atomic E-state index is -0.818. The number of halogens is 1. The van der Waals surface area contributed by atoms with Crippen LogP contribution in [0.15, 0.2) is 39.8 Å². The molecular formula is C12H7FN4O3. The van der Waals surface area contributed by atoms with Gasteiger partial charge in [-0.15, -0.1) is 0 Å². The van der Waals surface area contributed by atoms with Crippen LogP contribution in [0.4, 0.5) is 10.3 Å². The molecule has 3 rings (SSSR count). The van der Waals surface area contributed by atoms with Gasteiger partial charge in [-0.3, -0.25) is 10.1 Å². The van der Waals surface area contributed by atoms with E-state index in [1.165, 1.54) is 30.6 Å². The standard InChI is InChI=1S/C12H7FN4O3/c13-7-1-2-9-6(3-7)4-8(11(19)20-9)10(18)16-12-14-5-15-17-12/h1-5H,(H2,14,15,16,17,18). The minimum Gasteiger partial charge on any atom is -0.422 e. The minimum absolute atomic E-state index is 0.0914. The van der Waals surface area contributed by atoms with Gasteiger partial charge in [0, 0.05) is 5.39 Å². The number of carbonyl (C=O) groups excluding carboxylic acids is 1. The Morgan fingerprint density at radius 2 is 2.20 bits per heavy atom. The van der Waals surface area contributed by atoms with E-state index in [1.54, 1.807) is 0 Å². The van der Waals surface area contributed by atoms with E-state index in [1.807, 2.05) is 0 Å². The highest BCUT2D eigenvalue weighted by atomic mass is 19.1. The number of hydrogen-bond acceptors (Lipinski definition) is 5. The second-order valence-electron chi connectivity index (χ2n) is 3.92. The van der Waals surface area contributed by atoms with Gasteiger partial charge in [-0.2, -0.15) is 10.1 Å². The summed E-state index contributed by atoms with van der Waals surface area (Å²) in [6, 6.07) is 4.92. The van der Waals surface area contributed by atoms with Crippen LogP contribution in [0, 0.1) is 5.82 Å². The largest absolute Gasteiger partial charge is 0.422 e. The topological polar surface area (TPSA) is 101 Å². The molecule has 0 radical (unpaired) electrons. The Morgan fingerprint density at radius 1 is 1.35 bits per heavy atom. The fourth-order valence-corrected chi connectivity index (χ4v) is 1.69. The molecule has 1 aromatic carbocycles. The quantitative estimate of drug-likeness (QED) is 0.686. The van der Waals surface area contributed by atoms with Gasteiger partial charge in [0.15, 0.2) is 0 Å². The van der Waals surface area contributed by atoms with Crippen LogP contribution < -0.4 is 10.9 Å². The third kappa shape index (κ3) is 2.14. The van der Waals surface area contributed by atoms with Crippen molar-refractivity contribution in [3.05, 3.63) is 52.4 Å². The zero-order valence-corrected chi connectivity index (χ0v) is 9.88. The Labute approximate surface area is 110 Å². The predicted molar refractivity (Wildman–Crippen MR) is 66.8 cm³/mol. The Morgan fingerprint density at radius 3 is 2.95 bits per heavy atom. The number of aromatic nitrogens is 3. The number of rotatable bonds is 2. The van der Waals surface area contributed by atoms with Crippen LogP contribution in [-0.2, 0) is 0 Å². The van der Waals surface area contributed by atoms with Crippen LogP contribution in [0.2, 0.25) is 0 Å². The number of carbonyl (C=O) groups is 1. The first-order valence-corrected chi connectivity index (χ1v) is 5.53. The molecule has 0 unspecified atom stereocenters. The van der Waals surface area contributed by atoms with E-state index in [0.717, 1.165) is 0 Å². The van der Waals surface area contributed by atoms with Crippen LogP contribution in [0.5, 0.6) is 0 Å². The average molecular weight is 274 g/mol. The molecule has 20 heavy (non-hydrogen) atoms. The molecule has 7 nitrogen and oxygen atoms in total. The molecule has 0 aliphatic carbocycles. The third-order valence-electron chi connectivity index (χ3n) is 2.59. The molecule has 0 spiro atoms. The zero-order valence-electron chi connectivity index (χ0n) is 9.88. The number of H-pyrrole nitrogens is 1. The van der Waals surface area contributed by atoms with E-state index >= 15 is 0 Å². The predicted octanol–water partition coefficient (Wildman–Crippen LogP) is 1.30. The van der Waals surface area contributed by atoms with Crippen LogP contribution in [0.3, 0.4) is 0 Å². The Balaban J connectivity index is 2.04. The number of fused-ring (bicyclic) bond motifs is 1. The molecule has 0 saturated heterocycles. The first kappa shape index (κ1) is 12.0. The molecule has 8 heteroatoms. The fraction of sp³-hybridized carbons (Fsp3) is 0. The first-order chi connectivity index (χ1) is 9.63. The molecule has 0 aliphatic rings. The molecule has 0 saturated carbocycles. The highest BCUT2D eigenvalue weighted by Crippen LogP contribution is 2.15. The molecule has 0 atom stereocenters. The van der Waals surface area contributed by atoms with E-state index in [9.17, 15) is 14.0 Å². The van der Waals surface area contributed by atoms with Crippen molar-refractivity contribution in [3.8, 4) is 0 Å². The van der Waals surface area contributed by atoms with E-state index in [4.69, 9.17) is 4.42 Å². The lowest BCUT2D eigenvalue weighted by Crippen LogP contribution is -2.21. The van der Waals surface area contributed by atoms with Crippen LogP contribution in [0.25, 0.3) is 11.0 Å². The van der Waals surface area contributed by atoms with Crippen molar-refractivity contribution in [2.75, 3.05) is 5.32 Å². The summed E-state index contributed by atoms with van der Waals surface area (Å²) < 4.78 is 18.1. The van der Waals surface area contributed by atoms with Gasteiger partial charge in [-0.1, -0.05) is 0 Å². The van der Waals surface area contributed by atoms with Crippen LogP contribution >= 0.6 is 0 Å². The maximum absolute atomic E-state index is 13.1. The van der Waals surface area contributed by atoms with Crippen molar-refractivity contribution < 1.29 is 13.6 Å². The first-order valence-electron chi connectivity index (χ1n) is 5.53. The van der Waals surface area contributed by atoms with Gasteiger partial charge in [0.1, 0.15) is 23.3 Å². The Bertz CT molecular complexity index is 842. The molecule has 2 heterocycles. The Hall–Kier alpha value is -3.03. The Kier molecular flexibility index (Phi) is 2.75. The number of hydrogen-bond donors (Lipinski definition) is 2. The normalized spacial score (nSPS) is 10.7. The lowest BCUT2D eigenvalue weighted by atomic mass is 10.2. The highest BCUT2D eigenvalue weighted by molar-refractivity contribution is 6.04. The lowest BCUT2D eigenvalue weighted by Gasteiger charge is -2.02. The number of anilines is 1. The van der Waals surface area contributed by atoms with Gasteiger partial charge in [0.2, 0.25) is 5.95 Å². The highest BCUT2D eigenvalue weighted by Gasteiger charge is 2.15. The van der Waals surface area contributed by atoms with Gasteiger partial charge in [-0.05, 0) is 24.3 Å². The maximum Gasteiger partial charge on any atom is 0.349 e. The molecule has 0 fully saturated rings. The number of aromatic amines is 1. The van der Waals surface area contributed by atoms with Crippen molar-refractivity contribution >= 4 is 22.8 Å². The molecule has 0 bridgehead atoms. The van der Waals surface area contributed by atoms with Crippen LogP contribution in [0.1, 0.15) is 10.4 Å². The second-order valence-corrected chi connectivity index (χ2v) is 3.92. The summed E-state index contributed by atoms with van der Waals surface area (Å²) in [5, 5.41) is 8.62. The summed E-state index contributed by atoms with van der Waals surface area (Å²) in [5.41, 5.74) is -0.867. The van der Waals surface area contributed by atoms with Gasteiger partial charge in [0.25, 0.3) is 5.91 Å². The summed E-state index contributed by atoms with van der Waals surface area (Å²) in [5.74, 6) is -1.12. The summed E-state index contributed by atoms with van der Waals surface area (Å²) in [7, 11) is 0. The molecule has 3 aromatic rings. The van der Waals surface area contributed by atoms with Gasteiger partial charge < -0.3 is 4.42 Å². The number of nitrogens with zero attached hydrogens (tertiary/aromatic N) is 2. The monoisotopic (exact) mass is 274 g/mol. The van der Waals surface area contributed by atoms with Gasteiger partial charge >= 0.3 is 5.63 Å². The molecular weight excluding hydrogens is 267 g/mol. The van der Waals surface area contributed by atoms with Gasteiger partial charge in [-0.25, -0.2) is 14.3 Å². The van der Waals surface area contributed by atoms with E-state index in [0.29, 0.717) is 5.39 Å². The van der Waals surface area contributed by atoms with Crippen LogP contribution in [-0.4, -0.2) is 21.1 Å². The van der Waals surface area contributed by atoms with Crippen molar-refractivity contribution in [1.29, 1.82) is 0 Å². The molecule has 0 aliphatic heterocycles. The van der Waals surface area contributed by atoms with E-state index in [-0.39, 0.29) is 17.1 Å². The van der Waals surface area contributed by atoms with Crippen molar-refractivity contribution in [1.82, 2.24) is 15.2 Å². The lowest BCUT2D eigenvalue weighted by molar-refractivity contribution is 0.102. The number of amides is 1. The smallest absolute Gasteiger partial charge is 0.349 e. The van der Waals surface area contributed by atoms with Gasteiger partial charge in [0.05, 0.1) is 0 Å². The van der Waals surface area contributed by atoms with Crippen molar-refractivity contribution in [2.45, 2.75) is 0 Å². The average Bonchev–Trinajstić information content (AvgIpc) is 2.91. The van der Waals surface area contributed by atoms with E-state index in [2.05, 4.69) is 20.5 Å². The maximum atomic E-state index is 13.1. The zero-order chi connectivity index (χ0) is 14.1. The van der Waals surface area contributed by atoms with E-state index < -0.39 is 17.3 Å². The molecule has 2 N–H and O–H groups in total. The number of nitrogens with one attached hydrogen (secondary N) is 2. The molecule has 1 amide bonds. The van der Waals surface area contributed by atoms with Crippen molar-refractivity contribution in [2.24, 2.45) is 0 Å². The summed E-state index contributed by atoms with van der Waals surface area (Å²) in [4.78, 5) is 27.3. The van der Waals surface area contributed by atoms with Crippen molar-refractivity contribution in [3.63, 3.8) is 0 Å². The summed E-state index contributed by atoms with van der Waals surface area (Å²) in [6.07, 6.45) is 1.20. The molecule has 2 aromatic heterocycles. The second kappa shape index (κ2) is 4.57. The number of benzene rings is 1. The SMILES string of the molecule is O=C(Nc1ncn[nH]1)c1cc2cc(F)ccc2oc1=O. The fourth-order valence-electron chi connectivity index (χ4n) is 1.69. The summed E-state index contributed by atoms with van der Waals surface area (Å²) >= 11 is 0. The third-order valence-corrected chi connectivity index (χ3v) is 2.59.